The van der Waals surface area contributed by atoms with Crippen molar-refractivity contribution < 1.29 is 9.90 Å². The smallest absolute Gasteiger partial charge is 0.258 e. The first kappa shape index (κ1) is 16.7. The average molecular weight is 318 g/mol. The van der Waals surface area contributed by atoms with E-state index in [9.17, 15) is 9.90 Å². The molecule has 1 aromatic carbocycles. The molecular weight excluding hydrogens is 296 g/mol. The second kappa shape index (κ2) is 8.08. The molecule has 1 aromatic heterocycles. The maximum atomic E-state index is 11.1. The molecule has 118 valence electrons. The lowest BCUT2D eigenvalue weighted by atomic mass is 10.1. The van der Waals surface area contributed by atoms with Gasteiger partial charge in [-0.25, -0.2) is 0 Å². The summed E-state index contributed by atoms with van der Waals surface area (Å²) in [5.74, 6) is -0.367. The Labute approximate surface area is 135 Å². The standard InChI is InChI=1S/C17H22N2O2S/c1-12(7-8-14-9-10-16(22-14)17(18)21)19-11-15(20)13-5-3-2-4-6-13/h2-6,9-10,12,15,19-20H,7-8,11H2,1H3,(H2,18,21). The molecule has 4 N–H and O–H groups in total. The zero-order chi connectivity index (χ0) is 15.9. The lowest BCUT2D eigenvalue weighted by Gasteiger charge is -2.17. The van der Waals surface area contributed by atoms with Gasteiger partial charge in [0.1, 0.15) is 0 Å². The SMILES string of the molecule is CC(CCc1ccc(C(N)=O)s1)NCC(O)c1ccccc1. The molecular formula is C17H22N2O2S. The minimum Gasteiger partial charge on any atom is -0.387 e. The van der Waals surface area contributed by atoms with Crippen molar-refractivity contribution in [1.29, 1.82) is 0 Å². The molecule has 2 unspecified atom stereocenters. The molecule has 22 heavy (non-hydrogen) atoms. The zero-order valence-electron chi connectivity index (χ0n) is 12.7. The lowest BCUT2D eigenvalue weighted by molar-refractivity contribution is 0.100. The van der Waals surface area contributed by atoms with Crippen molar-refractivity contribution in [3.05, 3.63) is 57.8 Å². The Morgan fingerprint density at radius 2 is 2.00 bits per heavy atom. The number of amides is 1. The Bertz CT molecular complexity index is 598. The summed E-state index contributed by atoms with van der Waals surface area (Å²) in [6.07, 6.45) is 1.35. The van der Waals surface area contributed by atoms with Crippen LogP contribution in [-0.4, -0.2) is 23.6 Å². The highest BCUT2D eigenvalue weighted by atomic mass is 32.1. The number of benzene rings is 1. The summed E-state index contributed by atoms with van der Waals surface area (Å²) in [6.45, 7) is 2.63. The van der Waals surface area contributed by atoms with Gasteiger partial charge >= 0.3 is 0 Å². The van der Waals surface area contributed by atoms with Crippen LogP contribution in [-0.2, 0) is 6.42 Å². The number of aryl methyl sites for hydroxylation is 1. The molecule has 2 rings (SSSR count). The van der Waals surface area contributed by atoms with E-state index in [1.54, 1.807) is 6.07 Å². The largest absolute Gasteiger partial charge is 0.387 e. The molecule has 1 amide bonds. The highest BCUT2D eigenvalue weighted by molar-refractivity contribution is 7.14. The number of primary amides is 1. The lowest BCUT2D eigenvalue weighted by Crippen LogP contribution is -2.30. The van der Waals surface area contributed by atoms with Crippen LogP contribution < -0.4 is 11.1 Å². The molecule has 0 saturated heterocycles. The van der Waals surface area contributed by atoms with E-state index < -0.39 is 6.10 Å². The number of aliphatic hydroxyl groups excluding tert-OH is 1. The minimum absolute atomic E-state index is 0.289. The van der Waals surface area contributed by atoms with Crippen molar-refractivity contribution in [1.82, 2.24) is 5.32 Å². The second-order valence-corrected chi connectivity index (χ2v) is 6.57. The summed E-state index contributed by atoms with van der Waals surface area (Å²) < 4.78 is 0. The van der Waals surface area contributed by atoms with Crippen LogP contribution in [0.25, 0.3) is 0 Å². The summed E-state index contributed by atoms with van der Waals surface area (Å²) >= 11 is 1.45. The molecule has 5 heteroatoms. The number of rotatable bonds is 8. The highest BCUT2D eigenvalue weighted by Gasteiger charge is 2.10. The Kier molecular flexibility index (Phi) is 6.12. The fourth-order valence-corrected chi connectivity index (χ4v) is 3.09. The second-order valence-electron chi connectivity index (χ2n) is 5.40. The van der Waals surface area contributed by atoms with Gasteiger partial charge in [0, 0.05) is 17.5 Å². The minimum atomic E-state index is -0.494. The van der Waals surface area contributed by atoms with Gasteiger partial charge in [-0.15, -0.1) is 11.3 Å². The number of hydrogen-bond acceptors (Lipinski definition) is 4. The van der Waals surface area contributed by atoms with Gasteiger partial charge in [-0.1, -0.05) is 30.3 Å². The molecule has 0 bridgehead atoms. The van der Waals surface area contributed by atoms with E-state index in [0.29, 0.717) is 11.4 Å². The quantitative estimate of drug-likeness (QED) is 0.700. The number of carbonyl (C=O) groups is 1. The summed E-state index contributed by atoms with van der Waals surface area (Å²) in [5.41, 5.74) is 6.17. The van der Waals surface area contributed by atoms with Gasteiger partial charge in [-0.3, -0.25) is 4.79 Å². The van der Waals surface area contributed by atoms with Gasteiger partial charge in [0.25, 0.3) is 5.91 Å². The molecule has 0 aliphatic heterocycles. The monoisotopic (exact) mass is 318 g/mol. The number of aliphatic hydroxyl groups is 1. The third-order valence-corrected chi connectivity index (χ3v) is 4.73. The predicted molar refractivity (Wildman–Crippen MR) is 90.0 cm³/mol. The third kappa shape index (κ3) is 4.94. The maximum absolute atomic E-state index is 11.1. The van der Waals surface area contributed by atoms with E-state index in [-0.39, 0.29) is 11.9 Å². The van der Waals surface area contributed by atoms with E-state index in [1.807, 2.05) is 36.4 Å². The molecule has 0 spiro atoms. The van der Waals surface area contributed by atoms with Crippen molar-refractivity contribution in [3.63, 3.8) is 0 Å². The Hall–Kier alpha value is -1.69. The molecule has 1 heterocycles. The summed E-state index contributed by atoms with van der Waals surface area (Å²) in [7, 11) is 0. The van der Waals surface area contributed by atoms with Gasteiger partial charge in [-0.05, 0) is 37.5 Å². The van der Waals surface area contributed by atoms with Crippen molar-refractivity contribution in [2.75, 3.05) is 6.54 Å². The highest BCUT2D eigenvalue weighted by Crippen LogP contribution is 2.18. The Morgan fingerprint density at radius 3 is 2.64 bits per heavy atom. The first-order valence-corrected chi connectivity index (χ1v) is 8.23. The van der Waals surface area contributed by atoms with Crippen molar-refractivity contribution >= 4 is 17.2 Å². The normalized spacial score (nSPS) is 13.7. The van der Waals surface area contributed by atoms with E-state index in [4.69, 9.17) is 5.73 Å². The van der Waals surface area contributed by atoms with Crippen molar-refractivity contribution in [2.45, 2.75) is 31.9 Å². The average Bonchev–Trinajstić information content (AvgIpc) is 3.00. The number of hydrogen-bond donors (Lipinski definition) is 3. The van der Waals surface area contributed by atoms with Gasteiger partial charge in [0.2, 0.25) is 0 Å². The van der Waals surface area contributed by atoms with Crippen LogP contribution in [0.2, 0.25) is 0 Å². The number of nitrogens with one attached hydrogen (secondary N) is 1. The Morgan fingerprint density at radius 1 is 1.27 bits per heavy atom. The fraction of sp³-hybridized carbons (Fsp3) is 0.353. The number of nitrogens with two attached hydrogens (primary N) is 1. The molecule has 0 aliphatic rings. The van der Waals surface area contributed by atoms with Crippen LogP contribution in [0.1, 0.15) is 39.6 Å². The molecule has 4 nitrogen and oxygen atoms in total. The Balaban J connectivity index is 1.73. The molecule has 0 saturated carbocycles. The topological polar surface area (TPSA) is 75.4 Å². The summed E-state index contributed by atoms with van der Waals surface area (Å²) in [5, 5.41) is 13.5. The molecule has 2 atom stereocenters. The molecule has 0 radical (unpaired) electrons. The zero-order valence-corrected chi connectivity index (χ0v) is 13.5. The third-order valence-electron chi connectivity index (χ3n) is 3.57. The van der Waals surface area contributed by atoms with Crippen LogP contribution in [0.15, 0.2) is 42.5 Å². The maximum Gasteiger partial charge on any atom is 0.258 e. The summed E-state index contributed by atoms with van der Waals surface area (Å²) in [6, 6.07) is 13.7. The predicted octanol–water partition coefficient (Wildman–Crippen LogP) is 2.49. The van der Waals surface area contributed by atoms with E-state index in [2.05, 4.69) is 12.2 Å². The van der Waals surface area contributed by atoms with Crippen molar-refractivity contribution in [3.8, 4) is 0 Å². The van der Waals surface area contributed by atoms with E-state index in [0.717, 1.165) is 23.3 Å². The van der Waals surface area contributed by atoms with Crippen LogP contribution in [0, 0.1) is 0 Å². The first-order chi connectivity index (χ1) is 10.6. The van der Waals surface area contributed by atoms with Gasteiger partial charge in [0.05, 0.1) is 11.0 Å². The van der Waals surface area contributed by atoms with Gasteiger partial charge in [0.15, 0.2) is 0 Å². The van der Waals surface area contributed by atoms with E-state index in [1.165, 1.54) is 11.3 Å². The fourth-order valence-electron chi connectivity index (χ4n) is 2.21. The van der Waals surface area contributed by atoms with Crippen LogP contribution in [0.5, 0.6) is 0 Å². The number of thiophene rings is 1. The molecule has 0 fully saturated rings. The van der Waals surface area contributed by atoms with Crippen molar-refractivity contribution in [2.24, 2.45) is 5.73 Å². The molecule has 2 aromatic rings. The van der Waals surface area contributed by atoms with E-state index >= 15 is 0 Å². The molecule has 0 aliphatic carbocycles. The van der Waals surface area contributed by atoms with Crippen LogP contribution in [0.3, 0.4) is 0 Å². The number of carbonyl (C=O) groups excluding carboxylic acids is 1. The van der Waals surface area contributed by atoms with Crippen LogP contribution in [0.4, 0.5) is 0 Å². The van der Waals surface area contributed by atoms with Gasteiger partial charge < -0.3 is 16.2 Å². The van der Waals surface area contributed by atoms with Gasteiger partial charge in [-0.2, -0.15) is 0 Å². The first-order valence-electron chi connectivity index (χ1n) is 7.41. The summed E-state index contributed by atoms with van der Waals surface area (Å²) in [4.78, 5) is 12.8. The van der Waals surface area contributed by atoms with Crippen LogP contribution >= 0.6 is 11.3 Å².